The minimum atomic E-state index is 0.134. The molecular formula is C35H45NO4. The fourth-order valence-corrected chi connectivity index (χ4v) is 9.47. The Bertz CT molecular complexity index is 1300. The predicted octanol–water partition coefficient (Wildman–Crippen LogP) is 7.39. The number of benzene rings is 2. The Kier molecular flexibility index (Phi) is 6.91. The third-order valence-electron chi connectivity index (χ3n) is 11.6. The molecule has 6 rings (SSSR count). The molecule has 5 nitrogen and oxygen atoms in total. The summed E-state index contributed by atoms with van der Waals surface area (Å²) in [6.07, 6.45) is 8.87. The average Bonchev–Trinajstić information content (AvgIpc) is 3.33. The van der Waals surface area contributed by atoms with Crippen molar-refractivity contribution in [2.24, 2.45) is 34.5 Å². The number of fused-ring (bicyclic) bond motifs is 5. The number of methoxy groups -OCH3 is 3. The summed E-state index contributed by atoms with van der Waals surface area (Å²) in [5.41, 5.74) is 4.27. The summed E-state index contributed by atoms with van der Waals surface area (Å²) in [4.78, 5) is 15.7. The summed E-state index contributed by atoms with van der Waals surface area (Å²) in [6, 6.07) is 14.9. The quantitative estimate of drug-likeness (QED) is 0.381. The van der Waals surface area contributed by atoms with E-state index in [1.807, 2.05) is 12.1 Å². The van der Waals surface area contributed by atoms with E-state index >= 15 is 0 Å². The minimum absolute atomic E-state index is 0.134. The number of nitrogens with zero attached hydrogens (tertiary/aromatic N) is 1. The van der Waals surface area contributed by atoms with Gasteiger partial charge in [0.2, 0.25) is 5.91 Å². The second-order valence-electron chi connectivity index (χ2n) is 13.3. The standard InChI is InChI=1S/C35H45NO4/c1-22-19-31-35(3,18-16-32(37)36(31)21-24-9-12-26(39-5)20-30(24)40-6)29-15-17-34(2)27(13-14-28(34)33(22)29)23-7-10-25(38-4)11-8-23/h7-13,20,22,28-29,31,33H,14-19,21H2,1-6H3/t22-,28-,29-,31+,33-,34+,35+/m0/s1. The van der Waals surface area contributed by atoms with E-state index in [0.717, 1.165) is 42.1 Å². The molecule has 0 N–H and O–H groups in total. The van der Waals surface area contributed by atoms with Gasteiger partial charge in [0.05, 0.1) is 21.3 Å². The SMILES string of the molecule is COc1ccc(C2=CC[C@H]3[C@@H]4[C@@H](C)C[C@H]5N(Cc6ccc(OC)cc6OC)C(=O)CC[C@]5(C)[C@H]4CC[C@]23C)cc1. The van der Waals surface area contributed by atoms with Crippen molar-refractivity contribution >= 4 is 11.5 Å². The third-order valence-corrected chi connectivity index (χ3v) is 11.6. The third kappa shape index (κ3) is 4.14. The van der Waals surface area contributed by atoms with Crippen LogP contribution in [0.25, 0.3) is 5.57 Å². The Labute approximate surface area is 239 Å². The summed E-state index contributed by atoms with van der Waals surface area (Å²) in [5, 5.41) is 0. The molecule has 1 aliphatic heterocycles. The van der Waals surface area contributed by atoms with Crippen LogP contribution < -0.4 is 14.2 Å². The molecule has 0 spiro atoms. The molecule has 0 aromatic heterocycles. The molecule has 0 radical (unpaired) electrons. The number of rotatable bonds is 6. The number of ether oxygens (including phenoxy) is 3. The van der Waals surface area contributed by atoms with Crippen molar-refractivity contribution < 1.29 is 19.0 Å². The minimum Gasteiger partial charge on any atom is -0.497 e. The van der Waals surface area contributed by atoms with Gasteiger partial charge in [-0.1, -0.05) is 39.0 Å². The second kappa shape index (κ2) is 10.2. The van der Waals surface area contributed by atoms with E-state index in [0.29, 0.717) is 36.6 Å². The van der Waals surface area contributed by atoms with Crippen LogP contribution in [0.3, 0.4) is 0 Å². The Morgan fingerprint density at radius 3 is 2.35 bits per heavy atom. The molecule has 2 saturated carbocycles. The number of piperidine rings is 1. The highest BCUT2D eigenvalue weighted by molar-refractivity contribution is 5.78. The van der Waals surface area contributed by atoms with Crippen molar-refractivity contribution in [3.8, 4) is 17.2 Å². The van der Waals surface area contributed by atoms with Gasteiger partial charge in [-0.3, -0.25) is 4.79 Å². The fourth-order valence-electron chi connectivity index (χ4n) is 9.47. The molecular weight excluding hydrogens is 498 g/mol. The number of carbonyl (C=O) groups excluding carboxylic acids is 1. The van der Waals surface area contributed by atoms with E-state index < -0.39 is 0 Å². The zero-order chi connectivity index (χ0) is 28.2. The Morgan fingerprint density at radius 1 is 0.925 bits per heavy atom. The van der Waals surface area contributed by atoms with Crippen LogP contribution in [-0.4, -0.2) is 38.2 Å². The van der Waals surface area contributed by atoms with Crippen LogP contribution in [-0.2, 0) is 11.3 Å². The van der Waals surface area contributed by atoms with Crippen LogP contribution in [0.2, 0.25) is 0 Å². The highest BCUT2D eigenvalue weighted by Gasteiger charge is 2.62. The molecule has 5 heteroatoms. The van der Waals surface area contributed by atoms with Crippen LogP contribution in [0.4, 0.5) is 0 Å². The molecule has 1 amide bonds. The van der Waals surface area contributed by atoms with E-state index in [1.165, 1.54) is 24.0 Å². The summed E-state index contributed by atoms with van der Waals surface area (Å²) in [5.74, 6) is 5.30. The molecule has 2 aromatic carbocycles. The molecule has 40 heavy (non-hydrogen) atoms. The van der Waals surface area contributed by atoms with E-state index in [1.54, 1.807) is 21.3 Å². The van der Waals surface area contributed by atoms with Crippen LogP contribution >= 0.6 is 0 Å². The predicted molar refractivity (Wildman–Crippen MR) is 158 cm³/mol. The van der Waals surface area contributed by atoms with E-state index in [4.69, 9.17) is 14.2 Å². The topological polar surface area (TPSA) is 48.0 Å². The highest BCUT2D eigenvalue weighted by Crippen LogP contribution is 2.67. The monoisotopic (exact) mass is 543 g/mol. The molecule has 3 aliphatic carbocycles. The number of likely N-dealkylation sites (tertiary alicyclic amines) is 1. The van der Waals surface area contributed by atoms with Crippen molar-refractivity contribution in [3.63, 3.8) is 0 Å². The molecule has 7 atom stereocenters. The van der Waals surface area contributed by atoms with Crippen LogP contribution in [0.15, 0.2) is 48.5 Å². The molecule has 0 unspecified atom stereocenters. The molecule has 3 fully saturated rings. The van der Waals surface area contributed by atoms with Gasteiger partial charge in [0.15, 0.2) is 0 Å². The normalized spacial score (nSPS) is 34.9. The van der Waals surface area contributed by atoms with Gasteiger partial charge in [-0.15, -0.1) is 0 Å². The number of amides is 1. The maximum atomic E-state index is 13.5. The smallest absolute Gasteiger partial charge is 0.223 e. The highest BCUT2D eigenvalue weighted by atomic mass is 16.5. The first-order valence-corrected chi connectivity index (χ1v) is 15.1. The van der Waals surface area contributed by atoms with Crippen LogP contribution in [0.1, 0.15) is 70.4 Å². The lowest BCUT2D eigenvalue weighted by Gasteiger charge is -2.64. The Hall–Kier alpha value is -2.95. The van der Waals surface area contributed by atoms with Gasteiger partial charge >= 0.3 is 0 Å². The van der Waals surface area contributed by atoms with E-state index in [9.17, 15) is 4.79 Å². The Morgan fingerprint density at radius 2 is 1.65 bits per heavy atom. The van der Waals surface area contributed by atoms with Gasteiger partial charge in [-0.2, -0.15) is 0 Å². The number of allylic oxidation sites excluding steroid dienone is 2. The van der Waals surface area contributed by atoms with Crippen LogP contribution in [0.5, 0.6) is 17.2 Å². The second-order valence-corrected chi connectivity index (χ2v) is 13.3. The fraction of sp³-hybridized carbons (Fsp3) is 0.571. The van der Waals surface area contributed by atoms with E-state index in [-0.39, 0.29) is 22.8 Å². The summed E-state index contributed by atoms with van der Waals surface area (Å²) in [6.45, 7) is 8.12. The molecule has 1 heterocycles. The van der Waals surface area contributed by atoms with Crippen molar-refractivity contribution in [1.29, 1.82) is 0 Å². The van der Waals surface area contributed by atoms with Gasteiger partial charge in [0.1, 0.15) is 17.2 Å². The lowest BCUT2D eigenvalue weighted by Crippen LogP contribution is -2.63. The molecule has 0 bridgehead atoms. The summed E-state index contributed by atoms with van der Waals surface area (Å²) >= 11 is 0. The first-order chi connectivity index (χ1) is 19.2. The van der Waals surface area contributed by atoms with Gasteiger partial charge in [0, 0.05) is 30.6 Å². The first-order valence-electron chi connectivity index (χ1n) is 15.1. The maximum Gasteiger partial charge on any atom is 0.223 e. The van der Waals surface area contributed by atoms with Crippen molar-refractivity contribution in [3.05, 3.63) is 59.7 Å². The lowest BCUT2D eigenvalue weighted by atomic mass is 9.44. The summed E-state index contributed by atoms with van der Waals surface area (Å²) < 4.78 is 16.6. The molecule has 2 aromatic rings. The largest absolute Gasteiger partial charge is 0.497 e. The van der Waals surface area contributed by atoms with E-state index in [2.05, 4.69) is 62.1 Å². The van der Waals surface area contributed by atoms with Crippen LogP contribution in [0, 0.1) is 34.5 Å². The van der Waals surface area contributed by atoms with Crippen molar-refractivity contribution in [1.82, 2.24) is 4.90 Å². The van der Waals surface area contributed by atoms with Crippen molar-refractivity contribution in [2.45, 2.75) is 71.9 Å². The lowest BCUT2D eigenvalue weighted by molar-refractivity contribution is -0.167. The molecule has 214 valence electrons. The first kappa shape index (κ1) is 27.2. The van der Waals surface area contributed by atoms with Crippen molar-refractivity contribution in [2.75, 3.05) is 21.3 Å². The summed E-state index contributed by atoms with van der Waals surface area (Å²) in [7, 11) is 5.10. The number of carbonyl (C=O) groups is 1. The molecule has 1 saturated heterocycles. The van der Waals surface area contributed by atoms with Gasteiger partial charge in [0.25, 0.3) is 0 Å². The zero-order valence-corrected chi connectivity index (χ0v) is 25.0. The van der Waals surface area contributed by atoms with Gasteiger partial charge in [-0.05, 0) is 102 Å². The van der Waals surface area contributed by atoms with Gasteiger partial charge < -0.3 is 19.1 Å². The zero-order valence-electron chi connectivity index (χ0n) is 25.0. The average molecular weight is 544 g/mol. The Balaban J connectivity index is 1.28. The number of hydrogen-bond acceptors (Lipinski definition) is 4. The van der Waals surface area contributed by atoms with Gasteiger partial charge in [-0.25, -0.2) is 0 Å². The maximum absolute atomic E-state index is 13.5. The molecule has 4 aliphatic rings. The number of hydrogen-bond donors (Lipinski definition) is 0.